The van der Waals surface area contributed by atoms with Gasteiger partial charge in [-0.1, -0.05) is 18.2 Å². The lowest BCUT2D eigenvalue weighted by atomic mass is 10.1. The van der Waals surface area contributed by atoms with Gasteiger partial charge in [-0.15, -0.1) is 11.8 Å². The molecule has 3 nitrogen and oxygen atoms in total. The van der Waals surface area contributed by atoms with Gasteiger partial charge in [0.1, 0.15) is 5.75 Å². The van der Waals surface area contributed by atoms with Crippen molar-refractivity contribution in [2.75, 3.05) is 0 Å². The summed E-state index contributed by atoms with van der Waals surface area (Å²) in [6.07, 6.45) is 0. The van der Waals surface area contributed by atoms with Crippen molar-refractivity contribution in [2.45, 2.75) is 10.6 Å². The van der Waals surface area contributed by atoms with E-state index in [4.69, 9.17) is 5.73 Å². The minimum atomic E-state index is -0.417. The number of primary amides is 1. The van der Waals surface area contributed by atoms with Crippen molar-refractivity contribution in [3.05, 3.63) is 59.7 Å². The number of benzene rings is 2. The van der Waals surface area contributed by atoms with Crippen LogP contribution < -0.4 is 5.73 Å². The van der Waals surface area contributed by atoms with Crippen molar-refractivity contribution < 1.29 is 9.90 Å². The smallest absolute Gasteiger partial charge is 0.248 e. The third-order valence-corrected chi connectivity index (χ3v) is 3.50. The second kappa shape index (κ2) is 5.60. The number of amides is 1. The predicted molar refractivity (Wildman–Crippen MR) is 72.6 cm³/mol. The summed E-state index contributed by atoms with van der Waals surface area (Å²) in [4.78, 5) is 12.0. The maximum absolute atomic E-state index is 11.1. The first-order valence-corrected chi connectivity index (χ1v) is 6.44. The van der Waals surface area contributed by atoms with E-state index < -0.39 is 5.91 Å². The molecule has 1 amide bonds. The monoisotopic (exact) mass is 259 g/mol. The Balaban J connectivity index is 2.06. The van der Waals surface area contributed by atoms with Gasteiger partial charge in [-0.2, -0.15) is 0 Å². The van der Waals surface area contributed by atoms with Crippen molar-refractivity contribution >= 4 is 17.7 Å². The standard InChI is InChI=1S/C14H13NO2S/c15-14(17)11-4-1-3-10(7-11)9-18-13-6-2-5-12(16)8-13/h1-8,16H,9H2,(H2,15,17). The van der Waals surface area contributed by atoms with Crippen LogP contribution in [0.3, 0.4) is 0 Å². The Morgan fingerprint density at radius 2 is 1.94 bits per heavy atom. The summed E-state index contributed by atoms with van der Waals surface area (Å²) in [5, 5.41) is 9.35. The Kier molecular flexibility index (Phi) is 3.89. The van der Waals surface area contributed by atoms with Gasteiger partial charge in [0.25, 0.3) is 0 Å². The average molecular weight is 259 g/mol. The minimum absolute atomic E-state index is 0.255. The van der Waals surface area contributed by atoms with E-state index in [0.29, 0.717) is 5.56 Å². The molecule has 92 valence electrons. The number of carbonyl (C=O) groups excluding carboxylic acids is 1. The van der Waals surface area contributed by atoms with Crippen LogP contribution in [0, 0.1) is 0 Å². The highest BCUT2D eigenvalue weighted by Gasteiger charge is 2.02. The van der Waals surface area contributed by atoms with Gasteiger partial charge in [-0.3, -0.25) is 4.79 Å². The Morgan fingerprint density at radius 3 is 2.67 bits per heavy atom. The fourth-order valence-electron chi connectivity index (χ4n) is 1.55. The second-order valence-corrected chi connectivity index (χ2v) is 4.90. The molecule has 3 N–H and O–H groups in total. The van der Waals surface area contributed by atoms with Crippen molar-refractivity contribution in [3.63, 3.8) is 0 Å². The number of aromatic hydroxyl groups is 1. The van der Waals surface area contributed by atoms with Crippen LogP contribution in [0.2, 0.25) is 0 Å². The Labute approximate surface area is 110 Å². The lowest BCUT2D eigenvalue weighted by Crippen LogP contribution is -2.10. The zero-order valence-corrected chi connectivity index (χ0v) is 10.5. The summed E-state index contributed by atoms with van der Waals surface area (Å²) in [6, 6.07) is 14.3. The molecular weight excluding hydrogens is 246 g/mol. The number of hydrogen-bond acceptors (Lipinski definition) is 3. The highest BCUT2D eigenvalue weighted by atomic mass is 32.2. The summed E-state index contributed by atoms with van der Waals surface area (Å²) in [5.74, 6) is 0.565. The minimum Gasteiger partial charge on any atom is -0.508 e. The summed E-state index contributed by atoms with van der Waals surface area (Å²) in [6.45, 7) is 0. The van der Waals surface area contributed by atoms with Gasteiger partial charge in [0, 0.05) is 16.2 Å². The first-order chi connectivity index (χ1) is 8.65. The number of hydrogen-bond donors (Lipinski definition) is 2. The predicted octanol–water partition coefficient (Wildman–Crippen LogP) is 2.78. The highest BCUT2D eigenvalue weighted by Crippen LogP contribution is 2.25. The first-order valence-electron chi connectivity index (χ1n) is 5.46. The molecule has 0 radical (unpaired) electrons. The molecule has 0 aromatic heterocycles. The second-order valence-electron chi connectivity index (χ2n) is 3.85. The van der Waals surface area contributed by atoms with Crippen LogP contribution in [0.15, 0.2) is 53.4 Å². The molecule has 2 aromatic carbocycles. The quantitative estimate of drug-likeness (QED) is 0.830. The molecule has 4 heteroatoms. The molecule has 2 rings (SSSR count). The zero-order valence-electron chi connectivity index (χ0n) is 9.67. The Morgan fingerprint density at radius 1 is 1.17 bits per heavy atom. The molecule has 0 bridgehead atoms. The van der Waals surface area contributed by atoms with Gasteiger partial charge in [-0.05, 0) is 35.9 Å². The van der Waals surface area contributed by atoms with Gasteiger partial charge in [0.2, 0.25) is 5.91 Å². The zero-order chi connectivity index (χ0) is 13.0. The van der Waals surface area contributed by atoms with Gasteiger partial charge in [0.05, 0.1) is 0 Å². The fourth-order valence-corrected chi connectivity index (χ4v) is 2.45. The van der Waals surface area contributed by atoms with Crippen LogP contribution in [-0.2, 0) is 5.75 Å². The van der Waals surface area contributed by atoms with Crippen LogP contribution >= 0.6 is 11.8 Å². The molecule has 0 aliphatic heterocycles. The Hall–Kier alpha value is -1.94. The van der Waals surface area contributed by atoms with E-state index >= 15 is 0 Å². The number of nitrogens with two attached hydrogens (primary N) is 1. The van der Waals surface area contributed by atoms with Crippen molar-refractivity contribution in [2.24, 2.45) is 5.73 Å². The van der Waals surface area contributed by atoms with Gasteiger partial charge >= 0.3 is 0 Å². The highest BCUT2D eigenvalue weighted by molar-refractivity contribution is 7.98. The van der Waals surface area contributed by atoms with Crippen molar-refractivity contribution in [1.82, 2.24) is 0 Å². The van der Waals surface area contributed by atoms with Crippen LogP contribution in [0.1, 0.15) is 15.9 Å². The van der Waals surface area contributed by atoms with Crippen LogP contribution in [-0.4, -0.2) is 11.0 Å². The van der Waals surface area contributed by atoms with E-state index in [0.717, 1.165) is 16.2 Å². The van der Waals surface area contributed by atoms with E-state index in [9.17, 15) is 9.90 Å². The largest absolute Gasteiger partial charge is 0.508 e. The lowest BCUT2D eigenvalue weighted by molar-refractivity contribution is 0.1000. The molecule has 0 saturated carbocycles. The molecule has 0 saturated heterocycles. The third-order valence-electron chi connectivity index (χ3n) is 2.43. The van der Waals surface area contributed by atoms with Crippen LogP contribution in [0.25, 0.3) is 0 Å². The van der Waals surface area contributed by atoms with Crippen molar-refractivity contribution in [3.8, 4) is 5.75 Å². The molecule has 0 aliphatic carbocycles. The molecule has 0 spiro atoms. The SMILES string of the molecule is NC(=O)c1cccc(CSc2cccc(O)c2)c1. The topological polar surface area (TPSA) is 63.3 Å². The van der Waals surface area contributed by atoms with Gasteiger partial charge in [-0.25, -0.2) is 0 Å². The molecule has 18 heavy (non-hydrogen) atoms. The van der Waals surface area contributed by atoms with E-state index in [-0.39, 0.29) is 5.75 Å². The molecule has 0 unspecified atom stereocenters. The molecule has 0 heterocycles. The molecule has 0 atom stereocenters. The fraction of sp³-hybridized carbons (Fsp3) is 0.0714. The average Bonchev–Trinajstić information content (AvgIpc) is 2.37. The third kappa shape index (κ3) is 3.28. The summed E-state index contributed by atoms with van der Waals surface area (Å²) < 4.78 is 0. The number of phenolic OH excluding ortho intramolecular Hbond substituents is 1. The maximum atomic E-state index is 11.1. The lowest BCUT2D eigenvalue weighted by Gasteiger charge is -2.04. The van der Waals surface area contributed by atoms with Crippen molar-refractivity contribution in [1.29, 1.82) is 0 Å². The number of thioether (sulfide) groups is 1. The van der Waals surface area contributed by atoms with E-state index in [1.54, 1.807) is 42.1 Å². The Bertz CT molecular complexity index is 569. The van der Waals surface area contributed by atoms with Gasteiger partial charge < -0.3 is 10.8 Å². The van der Waals surface area contributed by atoms with E-state index in [1.165, 1.54) is 0 Å². The molecule has 2 aromatic rings. The van der Waals surface area contributed by atoms with Crippen LogP contribution in [0.4, 0.5) is 0 Å². The summed E-state index contributed by atoms with van der Waals surface area (Å²) in [7, 11) is 0. The number of phenols is 1. The molecule has 0 fully saturated rings. The molecule has 0 aliphatic rings. The number of carbonyl (C=O) groups is 1. The first kappa shape index (κ1) is 12.5. The molecular formula is C14H13NO2S. The van der Waals surface area contributed by atoms with Crippen LogP contribution in [0.5, 0.6) is 5.75 Å². The van der Waals surface area contributed by atoms with E-state index in [2.05, 4.69) is 0 Å². The van der Waals surface area contributed by atoms with E-state index in [1.807, 2.05) is 18.2 Å². The normalized spacial score (nSPS) is 10.2. The number of rotatable bonds is 4. The van der Waals surface area contributed by atoms with Gasteiger partial charge in [0.15, 0.2) is 0 Å². The maximum Gasteiger partial charge on any atom is 0.248 e. The summed E-state index contributed by atoms with van der Waals surface area (Å²) >= 11 is 1.60. The summed E-state index contributed by atoms with van der Waals surface area (Å²) in [5.41, 5.74) is 6.78.